The molecule has 1 atom stereocenters. The molecule has 1 unspecified atom stereocenters. The molecule has 0 aliphatic rings. The smallest absolute Gasteiger partial charge is 0.241 e. The number of anilines is 2. The summed E-state index contributed by atoms with van der Waals surface area (Å²) in [6, 6.07) is 15.4. The maximum absolute atomic E-state index is 12.8. The van der Waals surface area contributed by atoms with Crippen LogP contribution in [0.1, 0.15) is 19.6 Å². The zero-order valence-electron chi connectivity index (χ0n) is 18.7. The Kier molecular flexibility index (Phi) is 5.96. The highest BCUT2D eigenvalue weighted by atomic mass is 16.5. The molecule has 4 aromatic rings. The average Bonchev–Trinajstić information content (AvgIpc) is 3.32. The summed E-state index contributed by atoms with van der Waals surface area (Å²) in [6.45, 7) is 6.55. The third kappa shape index (κ3) is 4.22. The van der Waals surface area contributed by atoms with E-state index in [0.29, 0.717) is 11.6 Å². The van der Waals surface area contributed by atoms with Gasteiger partial charge in [0, 0.05) is 40.1 Å². The largest absolute Gasteiger partial charge is 0.360 e. The first kappa shape index (κ1) is 21.6. The monoisotopic (exact) mass is 433 g/mol. The minimum absolute atomic E-state index is 0.0452. The fraction of sp³-hybridized carbons (Fsp3) is 0.292. The van der Waals surface area contributed by atoms with Gasteiger partial charge < -0.3 is 19.7 Å². The molecule has 0 saturated heterocycles. The summed E-state index contributed by atoms with van der Waals surface area (Å²) in [5.74, 6) is 0.517. The predicted octanol–water partition coefficient (Wildman–Crippen LogP) is 4.01. The number of carbonyl (C=O) groups excluding carboxylic acids is 2. The van der Waals surface area contributed by atoms with Crippen molar-refractivity contribution in [2.75, 3.05) is 24.2 Å². The minimum atomic E-state index is -0.507. The summed E-state index contributed by atoms with van der Waals surface area (Å²) in [4.78, 5) is 26.8. The first-order valence-electron chi connectivity index (χ1n) is 10.6. The van der Waals surface area contributed by atoms with Crippen molar-refractivity contribution in [2.45, 2.75) is 33.4 Å². The zero-order valence-corrected chi connectivity index (χ0v) is 18.7. The lowest BCUT2D eigenvalue weighted by atomic mass is 10.1. The second-order valence-electron chi connectivity index (χ2n) is 7.94. The number of rotatable bonds is 7. The van der Waals surface area contributed by atoms with Gasteiger partial charge in [-0.05, 0) is 52.1 Å². The Bertz CT molecular complexity index is 1290. The first-order valence-corrected chi connectivity index (χ1v) is 10.6. The molecule has 2 aromatic carbocycles. The van der Waals surface area contributed by atoms with Crippen LogP contribution in [0.2, 0.25) is 0 Å². The van der Waals surface area contributed by atoms with E-state index in [1.165, 1.54) is 5.52 Å². The third-order valence-corrected chi connectivity index (χ3v) is 5.69. The number of aromatic nitrogens is 2. The highest BCUT2D eigenvalue weighted by Gasteiger charge is 2.21. The maximum Gasteiger partial charge on any atom is 0.241 e. The second kappa shape index (κ2) is 8.84. The summed E-state index contributed by atoms with van der Waals surface area (Å²) in [5, 5.41) is 11.7. The third-order valence-electron chi connectivity index (χ3n) is 5.69. The molecule has 4 rings (SSSR count). The molecular formula is C24H27N5O3. The van der Waals surface area contributed by atoms with E-state index in [9.17, 15) is 9.59 Å². The van der Waals surface area contributed by atoms with Gasteiger partial charge in [0.25, 0.3) is 0 Å². The van der Waals surface area contributed by atoms with Gasteiger partial charge in [0.15, 0.2) is 5.82 Å². The van der Waals surface area contributed by atoms with Crippen LogP contribution < -0.4 is 10.6 Å². The van der Waals surface area contributed by atoms with Gasteiger partial charge in [-0.3, -0.25) is 14.5 Å². The Labute approximate surface area is 186 Å². The molecule has 0 saturated carbocycles. The number of nitrogens with one attached hydrogen (secondary N) is 2. The number of hydrogen-bond acceptors (Lipinski definition) is 5. The van der Waals surface area contributed by atoms with Crippen LogP contribution in [0.15, 0.2) is 53.1 Å². The lowest BCUT2D eigenvalue weighted by molar-refractivity contribution is -0.122. The SMILES string of the molecule is CCn1c2ccccc2c2cc(NC(=O)C(C)N(C)CC(=O)Nc3cc(C)on3)ccc21. The van der Waals surface area contributed by atoms with E-state index < -0.39 is 6.04 Å². The highest BCUT2D eigenvalue weighted by Crippen LogP contribution is 2.31. The van der Waals surface area contributed by atoms with Crippen LogP contribution >= 0.6 is 0 Å². The Morgan fingerprint density at radius 3 is 2.56 bits per heavy atom. The first-order chi connectivity index (χ1) is 15.4. The molecule has 32 heavy (non-hydrogen) atoms. The van der Waals surface area contributed by atoms with Gasteiger partial charge in [-0.15, -0.1) is 0 Å². The number of carbonyl (C=O) groups is 2. The molecule has 8 nitrogen and oxygen atoms in total. The van der Waals surface area contributed by atoms with Gasteiger partial charge in [0.2, 0.25) is 11.8 Å². The van der Waals surface area contributed by atoms with Crippen LogP contribution in [0, 0.1) is 6.92 Å². The zero-order chi connectivity index (χ0) is 22.8. The molecule has 0 spiro atoms. The molecule has 2 heterocycles. The van der Waals surface area contributed by atoms with Gasteiger partial charge in [0.05, 0.1) is 12.6 Å². The van der Waals surface area contributed by atoms with Crippen molar-refractivity contribution in [3.8, 4) is 0 Å². The summed E-state index contributed by atoms with van der Waals surface area (Å²) in [7, 11) is 1.73. The van der Waals surface area contributed by atoms with Gasteiger partial charge >= 0.3 is 0 Å². The quantitative estimate of drug-likeness (QED) is 0.459. The van der Waals surface area contributed by atoms with Crippen molar-refractivity contribution in [1.82, 2.24) is 14.6 Å². The van der Waals surface area contributed by atoms with Gasteiger partial charge in [-0.1, -0.05) is 23.4 Å². The van der Waals surface area contributed by atoms with Crippen molar-refractivity contribution in [2.24, 2.45) is 0 Å². The van der Waals surface area contributed by atoms with Crippen LogP contribution in [-0.2, 0) is 16.1 Å². The van der Waals surface area contributed by atoms with Crippen molar-refractivity contribution in [3.05, 3.63) is 54.3 Å². The predicted molar refractivity (Wildman–Crippen MR) is 126 cm³/mol. The lowest BCUT2D eigenvalue weighted by Crippen LogP contribution is -2.43. The van der Waals surface area contributed by atoms with E-state index in [-0.39, 0.29) is 18.4 Å². The fourth-order valence-corrected chi connectivity index (χ4v) is 3.89. The van der Waals surface area contributed by atoms with Crippen LogP contribution in [0.4, 0.5) is 11.5 Å². The van der Waals surface area contributed by atoms with Gasteiger partial charge in [-0.25, -0.2) is 0 Å². The molecule has 2 aromatic heterocycles. The molecular weight excluding hydrogens is 406 g/mol. The van der Waals surface area contributed by atoms with Crippen LogP contribution in [0.3, 0.4) is 0 Å². The summed E-state index contributed by atoms with van der Waals surface area (Å²) >= 11 is 0. The minimum Gasteiger partial charge on any atom is -0.360 e. The fourth-order valence-electron chi connectivity index (χ4n) is 3.89. The molecule has 0 aliphatic heterocycles. The molecule has 0 radical (unpaired) electrons. The number of hydrogen-bond donors (Lipinski definition) is 2. The van der Waals surface area contributed by atoms with Gasteiger partial charge in [0.1, 0.15) is 5.76 Å². The van der Waals surface area contributed by atoms with E-state index in [2.05, 4.69) is 39.4 Å². The Hall–Kier alpha value is -3.65. The standard InChI is InChI=1S/C24H27N5O3/c1-5-29-20-9-7-6-8-18(20)19-13-17(10-11-21(19)29)25-24(31)16(3)28(4)14-23(30)26-22-12-15(2)32-27-22/h6-13,16H,5,14H2,1-4H3,(H,25,31)(H,26,27,30). The topological polar surface area (TPSA) is 92.4 Å². The molecule has 0 fully saturated rings. The van der Waals surface area contributed by atoms with Crippen molar-refractivity contribution in [1.29, 1.82) is 0 Å². The van der Waals surface area contributed by atoms with E-state index in [1.807, 2.05) is 30.3 Å². The van der Waals surface area contributed by atoms with E-state index in [1.54, 1.807) is 31.9 Å². The van der Waals surface area contributed by atoms with Gasteiger partial charge in [-0.2, -0.15) is 0 Å². The van der Waals surface area contributed by atoms with Crippen LogP contribution in [-0.4, -0.2) is 46.1 Å². The number of fused-ring (bicyclic) bond motifs is 3. The number of amides is 2. The van der Waals surface area contributed by atoms with Crippen molar-refractivity contribution in [3.63, 3.8) is 0 Å². The van der Waals surface area contributed by atoms with E-state index in [0.717, 1.165) is 28.5 Å². The highest BCUT2D eigenvalue weighted by molar-refractivity contribution is 6.10. The summed E-state index contributed by atoms with van der Waals surface area (Å²) in [5.41, 5.74) is 3.04. The van der Waals surface area contributed by atoms with Crippen molar-refractivity contribution < 1.29 is 14.1 Å². The van der Waals surface area contributed by atoms with Crippen LogP contribution in [0.25, 0.3) is 21.8 Å². The second-order valence-corrected chi connectivity index (χ2v) is 7.94. The number of likely N-dealkylation sites (N-methyl/N-ethyl adjacent to an activating group) is 1. The number of aryl methyl sites for hydroxylation is 2. The Balaban J connectivity index is 1.45. The molecule has 0 bridgehead atoms. The molecule has 0 aliphatic carbocycles. The Morgan fingerprint density at radius 1 is 1.09 bits per heavy atom. The average molecular weight is 434 g/mol. The van der Waals surface area contributed by atoms with Crippen LogP contribution in [0.5, 0.6) is 0 Å². The summed E-state index contributed by atoms with van der Waals surface area (Å²) in [6.07, 6.45) is 0. The number of nitrogens with zero attached hydrogens (tertiary/aromatic N) is 3. The number of para-hydroxylation sites is 1. The van der Waals surface area contributed by atoms with E-state index in [4.69, 9.17) is 4.52 Å². The summed E-state index contributed by atoms with van der Waals surface area (Å²) < 4.78 is 7.21. The molecule has 2 N–H and O–H groups in total. The van der Waals surface area contributed by atoms with Crippen molar-refractivity contribution >= 4 is 45.1 Å². The molecule has 166 valence electrons. The van der Waals surface area contributed by atoms with E-state index >= 15 is 0 Å². The number of benzene rings is 2. The normalized spacial score (nSPS) is 12.4. The molecule has 8 heteroatoms. The molecule has 2 amide bonds. The lowest BCUT2D eigenvalue weighted by Gasteiger charge is -2.23. The maximum atomic E-state index is 12.8. The Morgan fingerprint density at radius 2 is 1.84 bits per heavy atom.